The lowest BCUT2D eigenvalue weighted by atomic mass is 9.91. The Morgan fingerprint density at radius 3 is 2.43 bits per heavy atom. The van der Waals surface area contributed by atoms with E-state index in [0.717, 1.165) is 50.6 Å². The number of halogens is 1. The molecule has 54 heavy (non-hydrogen) atoms. The number of unbranched alkanes of at least 4 members (excludes halogenated alkanes) is 1. The van der Waals surface area contributed by atoms with Crippen molar-refractivity contribution in [2.75, 3.05) is 33.9 Å². The van der Waals surface area contributed by atoms with E-state index in [-0.39, 0.29) is 29.5 Å². The quantitative estimate of drug-likeness (QED) is 0.0507. The Morgan fingerprint density at radius 1 is 1.04 bits per heavy atom. The van der Waals surface area contributed by atoms with Crippen molar-refractivity contribution in [1.82, 2.24) is 15.2 Å². The van der Waals surface area contributed by atoms with Crippen molar-refractivity contribution in [3.05, 3.63) is 108 Å². The van der Waals surface area contributed by atoms with Crippen molar-refractivity contribution in [2.45, 2.75) is 68.9 Å². The second-order valence-corrected chi connectivity index (χ2v) is 15.9. The van der Waals surface area contributed by atoms with E-state index >= 15 is 0 Å². The molecule has 6 rings (SSSR count). The molecule has 5 aromatic rings. The normalized spacial score (nSPS) is 16.8. The lowest BCUT2D eigenvalue weighted by molar-refractivity contribution is -0.169. The van der Waals surface area contributed by atoms with Crippen LogP contribution in [0.1, 0.15) is 65.5 Å². The molecule has 1 fully saturated rings. The number of methoxy groups -OCH3 is 1. The molecule has 0 bridgehead atoms. The standard InChI is InChI=1S/C40H46ClN3O8S2/c1-44(26-9-11-27(12-10-26)52-39(48)40(49,35-7-5-19-53-35)36-8-6-20-54-36)17-3-4-18-51-34-22-33(50-2)25(21-30(34)41)23-42-24-32(46)28-13-15-31(45)38-29(28)14-16-37(47)43-38/h5-8,13-16,19-22,26-27,32,42,45-46,49H,3-4,9-12,17-18,23-24H2,1-2H3,(H,43,47). The number of rotatable bonds is 17. The minimum Gasteiger partial charge on any atom is -0.506 e. The number of phenols is 1. The van der Waals surface area contributed by atoms with Crippen molar-refractivity contribution in [2.24, 2.45) is 0 Å². The van der Waals surface area contributed by atoms with Gasteiger partial charge in [-0.2, -0.15) is 0 Å². The van der Waals surface area contributed by atoms with Gasteiger partial charge in [-0.25, -0.2) is 4.79 Å². The smallest absolute Gasteiger partial charge is 0.349 e. The first kappa shape index (κ1) is 39.7. The molecule has 3 heterocycles. The van der Waals surface area contributed by atoms with E-state index in [1.54, 1.807) is 43.5 Å². The van der Waals surface area contributed by atoms with E-state index in [9.17, 15) is 24.9 Å². The summed E-state index contributed by atoms with van der Waals surface area (Å²) in [5, 5.41) is 40.6. The molecule has 1 unspecified atom stereocenters. The van der Waals surface area contributed by atoms with Gasteiger partial charge in [0.2, 0.25) is 11.2 Å². The molecule has 0 saturated heterocycles. The summed E-state index contributed by atoms with van der Waals surface area (Å²) in [6, 6.07) is 17.2. The number of aliphatic hydroxyl groups is 2. The molecule has 0 amide bonds. The molecule has 288 valence electrons. The SMILES string of the molecule is COc1cc(OCCCCN(C)C2CCC(OC(=O)C(O)(c3cccs3)c3cccs3)CC2)c(Cl)cc1CNCC(O)c1ccc(O)c2[nH]c(=O)ccc12. The summed E-state index contributed by atoms with van der Waals surface area (Å²) in [4.78, 5) is 31.2. The fourth-order valence-corrected chi connectivity index (χ4v) is 8.93. The number of ether oxygens (including phenoxy) is 3. The van der Waals surface area contributed by atoms with E-state index < -0.39 is 17.7 Å². The molecule has 5 N–H and O–H groups in total. The summed E-state index contributed by atoms with van der Waals surface area (Å²) in [5.41, 5.74) is -0.461. The largest absolute Gasteiger partial charge is 0.506 e. The predicted molar refractivity (Wildman–Crippen MR) is 212 cm³/mol. The zero-order chi connectivity index (χ0) is 38.2. The van der Waals surface area contributed by atoms with Gasteiger partial charge >= 0.3 is 5.97 Å². The van der Waals surface area contributed by atoms with Crippen molar-refractivity contribution >= 4 is 51.1 Å². The number of carbonyl (C=O) groups excluding carboxylic acids is 1. The topological polar surface area (TPSA) is 154 Å². The van der Waals surface area contributed by atoms with Crippen LogP contribution in [0.2, 0.25) is 5.02 Å². The highest BCUT2D eigenvalue weighted by Crippen LogP contribution is 2.38. The molecule has 14 heteroatoms. The van der Waals surface area contributed by atoms with Gasteiger partial charge in [0.05, 0.1) is 40.1 Å². The van der Waals surface area contributed by atoms with Gasteiger partial charge in [-0.15, -0.1) is 22.7 Å². The molecule has 0 aliphatic heterocycles. The second-order valence-electron chi connectivity index (χ2n) is 13.6. The fraction of sp³-hybridized carbons (Fsp3) is 0.400. The number of hydrogen-bond donors (Lipinski definition) is 5. The van der Waals surface area contributed by atoms with Gasteiger partial charge in [-0.1, -0.05) is 29.8 Å². The maximum absolute atomic E-state index is 13.4. The predicted octanol–water partition coefficient (Wildman–Crippen LogP) is 6.72. The first-order valence-corrected chi connectivity index (χ1v) is 20.2. The highest BCUT2D eigenvalue weighted by molar-refractivity contribution is 7.12. The summed E-state index contributed by atoms with van der Waals surface area (Å²) < 4.78 is 17.6. The Balaban J connectivity index is 0.917. The van der Waals surface area contributed by atoms with Crippen LogP contribution in [0.5, 0.6) is 17.2 Å². The monoisotopic (exact) mass is 795 g/mol. The van der Waals surface area contributed by atoms with Gasteiger partial charge in [0.25, 0.3) is 0 Å². The number of phenolic OH excluding ortho intramolecular Hbond substituents is 1. The number of nitrogens with zero attached hydrogens (tertiary/aromatic N) is 1. The lowest BCUT2D eigenvalue weighted by Gasteiger charge is -2.35. The Labute approximate surface area is 327 Å². The van der Waals surface area contributed by atoms with Crippen LogP contribution in [0.25, 0.3) is 10.9 Å². The van der Waals surface area contributed by atoms with Crippen LogP contribution in [0.4, 0.5) is 0 Å². The van der Waals surface area contributed by atoms with Crippen LogP contribution in [0, 0.1) is 0 Å². The Hall–Kier alpha value is -3.95. The number of hydrogen-bond acceptors (Lipinski definition) is 12. The van der Waals surface area contributed by atoms with Gasteiger partial charge < -0.3 is 44.7 Å². The van der Waals surface area contributed by atoms with E-state index in [1.165, 1.54) is 34.8 Å². The van der Waals surface area contributed by atoms with Gasteiger partial charge in [0.15, 0.2) is 0 Å². The molecular weight excluding hydrogens is 750 g/mol. The molecule has 0 radical (unpaired) electrons. The molecule has 11 nitrogen and oxygen atoms in total. The Kier molecular flexibility index (Phi) is 13.3. The van der Waals surface area contributed by atoms with Crippen molar-refractivity contribution in [3.8, 4) is 17.2 Å². The molecule has 3 aromatic heterocycles. The zero-order valence-electron chi connectivity index (χ0n) is 30.3. The number of aromatic nitrogens is 1. The summed E-state index contributed by atoms with van der Waals surface area (Å²) in [7, 11) is 3.71. The number of H-pyrrole nitrogens is 1. The van der Waals surface area contributed by atoms with Crippen LogP contribution in [-0.4, -0.2) is 77.2 Å². The maximum atomic E-state index is 13.4. The van der Waals surface area contributed by atoms with Crippen LogP contribution in [0.3, 0.4) is 0 Å². The van der Waals surface area contributed by atoms with Crippen LogP contribution in [0.15, 0.2) is 76.2 Å². The van der Waals surface area contributed by atoms with E-state index in [2.05, 4.69) is 22.2 Å². The maximum Gasteiger partial charge on any atom is 0.349 e. The third kappa shape index (κ3) is 9.11. The van der Waals surface area contributed by atoms with Gasteiger partial charge in [0, 0.05) is 42.2 Å². The van der Waals surface area contributed by atoms with Crippen molar-refractivity contribution in [1.29, 1.82) is 0 Å². The highest BCUT2D eigenvalue weighted by atomic mass is 35.5. The molecular formula is C40H46ClN3O8S2. The first-order valence-electron chi connectivity index (χ1n) is 18.0. The van der Waals surface area contributed by atoms with E-state index in [0.29, 0.717) is 56.4 Å². The van der Waals surface area contributed by atoms with Crippen LogP contribution in [-0.2, 0) is 21.7 Å². The third-order valence-electron chi connectivity index (χ3n) is 10.0. The summed E-state index contributed by atoms with van der Waals surface area (Å²) in [6.07, 6.45) is 3.96. The number of benzene rings is 2. The average Bonchev–Trinajstić information content (AvgIpc) is 3.92. The fourth-order valence-electron chi connectivity index (χ4n) is 6.98. The molecule has 0 spiro atoms. The molecule has 1 saturated carbocycles. The number of aliphatic hydroxyl groups excluding tert-OH is 1. The summed E-state index contributed by atoms with van der Waals surface area (Å²) in [6.45, 7) is 1.97. The number of pyridine rings is 1. The highest BCUT2D eigenvalue weighted by Gasteiger charge is 2.45. The first-order chi connectivity index (χ1) is 26.1. The number of carbonyl (C=O) groups is 1. The molecule has 1 aliphatic carbocycles. The van der Waals surface area contributed by atoms with E-state index in [1.807, 2.05) is 22.9 Å². The van der Waals surface area contributed by atoms with Gasteiger partial charge in [0.1, 0.15) is 23.4 Å². The lowest BCUT2D eigenvalue weighted by Crippen LogP contribution is -2.42. The van der Waals surface area contributed by atoms with Gasteiger partial charge in [-0.3, -0.25) is 4.79 Å². The minimum atomic E-state index is -1.78. The number of aromatic hydroxyl groups is 1. The second kappa shape index (κ2) is 18.1. The van der Waals surface area contributed by atoms with Gasteiger partial charge in [-0.05, 0) is 98.8 Å². The average molecular weight is 796 g/mol. The molecule has 1 atom stereocenters. The number of esters is 1. The van der Waals surface area contributed by atoms with Crippen molar-refractivity contribution < 1.29 is 34.3 Å². The Bertz CT molecular complexity index is 2010. The number of thiophene rings is 2. The third-order valence-corrected chi connectivity index (χ3v) is 12.3. The molecule has 2 aromatic carbocycles. The summed E-state index contributed by atoms with van der Waals surface area (Å²) in [5.74, 6) is 0.471. The minimum absolute atomic E-state index is 0.0621. The molecule has 1 aliphatic rings. The van der Waals surface area contributed by atoms with Crippen LogP contribution >= 0.6 is 34.3 Å². The van der Waals surface area contributed by atoms with E-state index in [4.69, 9.17) is 25.8 Å². The summed E-state index contributed by atoms with van der Waals surface area (Å²) >= 11 is 9.30. The number of fused-ring (bicyclic) bond motifs is 1. The number of aromatic amines is 1. The zero-order valence-corrected chi connectivity index (χ0v) is 32.6. The number of nitrogens with one attached hydrogen (secondary N) is 2. The van der Waals surface area contributed by atoms with Crippen molar-refractivity contribution in [3.63, 3.8) is 0 Å². The van der Waals surface area contributed by atoms with Crippen LogP contribution < -0.4 is 20.3 Å². The Morgan fingerprint density at radius 2 is 1.76 bits per heavy atom.